The maximum atomic E-state index is 13.0. The van der Waals surface area contributed by atoms with E-state index in [9.17, 15) is 14.4 Å². The minimum absolute atomic E-state index is 0.244. The van der Waals surface area contributed by atoms with Gasteiger partial charge in [-0.2, -0.15) is 4.98 Å². The highest BCUT2D eigenvalue weighted by Gasteiger charge is 2.14. The van der Waals surface area contributed by atoms with Crippen molar-refractivity contribution in [3.63, 3.8) is 0 Å². The van der Waals surface area contributed by atoms with Gasteiger partial charge in [0, 0.05) is 34.0 Å². The van der Waals surface area contributed by atoms with Crippen molar-refractivity contribution in [2.75, 3.05) is 11.9 Å². The predicted octanol–water partition coefficient (Wildman–Crippen LogP) is 2.50. The molecule has 10 nitrogen and oxygen atoms in total. The second-order valence-corrected chi connectivity index (χ2v) is 8.71. The molecule has 0 atom stereocenters. The quantitative estimate of drug-likeness (QED) is 0.323. The average molecular weight is 490 g/mol. The van der Waals surface area contributed by atoms with Crippen molar-refractivity contribution in [1.29, 1.82) is 0 Å². The summed E-state index contributed by atoms with van der Waals surface area (Å²) in [4.78, 5) is 44.7. The van der Waals surface area contributed by atoms with Gasteiger partial charge in [0.2, 0.25) is 11.1 Å². The molecule has 0 aliphatic heterocycles. The number of carbonyl (C=O) groups is 3. The Balaban J connectivity index is 1.43. The van der Waals surface area contributed by atoms with E-state index in [4.69, 9.17) is 5.73 Å². The Labute approximate surface area is 205 Å². The summed E-state index contributed by atoms with van der Waals surface area (Å²) in [5, 5.41) is 10.3. The molecular formula is C24H23N7O3S. The van der Waals surface area contributed by atoms with Crippen molar-refractivity contribution in [2.24, 2.45) is 5.73 Å². The van der Waals surface area contributed by atoms with Crippen LogP contribution in [0.15, 0.2) is 59.8 Å². The first-order valence-electron chi connectivity index (χ1n) is 10.7. The normalized spacial score (nSPS) is 10.8. The minimum atomic E-state index is -0.627. The van der Waals surface area contributed by atoms with Gasteiger partial charge in [0.25, 0.3) is 17.6 Å². The molecule has 3 amide bonds. The number of benzene rings is 2. The summed E-state index contributed by atoms with van der Waals surface area (Å²) in [6.45, 7) is 3.62. The lowest BCUT2D eigenvalue weighted by molar-refractivity contribution is -0.117. The molecule has 0 saturated carbocycles. The molecule has 0 radical (unpaired) electrons. The van der Waals surface area contributed by atoms with Gasteiger partial charge in [0.05, 0.1) is 6.54 Å². The van der Waals surface area contributed by atoms with Crippen LogP contribution in [0.25, 0.3) is 5.78 Å². The largest absolute Gasteiger partial charge is 0.368 e. The molecular weight excluding hydrogens is 466 g/mol. The number of hydrogen-bond acceptors (Lipinski definition) is 7. The number of fused-ring (bicyclic) bond motifs is 1. The van der Waals surface area contributed by atoms with Gasteiger partial charge in [0.15, 0.2) is 0 Å². The van der Waals surface area contributed by atoms with E-state index in [2.05, 4.69) is 25.7 Å². The Morgan fingerprint density at radius 2 is 1.74 bits per heavy atom. The first-order chi connectivity index (χ1) is 16.8. The molecule has 0 saturated heterocycles. The molecule has 178 valence electrons. The summed E-state index contributed by atoms with van der Waals surface area (Å²) < 4.78 is 1.70. The van der Waals surface area contributed by atoms with Crippen molar-refractivity contribution >= 4 is 40.9 Å². The number of hydrogen-bond donors (Lipinski definition) is 3. The number of aryl methyl sites for hydroxylation is 2. The highest BCUT2D eigenvalue weighted by Crippen LogP contribution is 2.23. The predicted molar refractivity (Wildman–Crippen MR) is 132 cm³/mol. The van der Waals surface area contributed by atoms with Crippen molar-refractivity contribution in [3.8, 4) is 0 Å². The Kier molecular flexibility index (Phi) is 7.06. The first-order valence-corrected chi connectivity index (χ1v) is 11.7. The SMILES string of the molecule is Cc1cc(C)n2nc(SCc3ccccc3C(=O)Nc3ccc(C(=O)NCC(N)=O)cc3)nc2n1. The van der Waals surface area contributed by atoms with E-state index in [1.807, 2.05) is 32.0 Å². The van der Waals surface area contributed by atoms with E-state index in [0.29, 0.717) is 33.5 Å². The lowest BCUT2D eigenvalue weighted by Crippen LogP contribution is -2.33. The number of nitrogens with zero attached hydrogens (tertiary/aromatic N) is 4. The smallest absolute Gasteiger partial charge is 0.255 e. The third kappa shape index (κ3) is 5.82. The fraction of sp³-hybridized carbons (Fsp3) is 0.167. The molecule has 4 aromatic rings. The number of anilines is 1. The second kappa shape index (κ2) is 10.3. The standard InChI is InChI=1S/C24H23N7O3S/c1-14-11-15(2)31-23(27-14)29-24(30-31)35-13-17-5-3-4-6-19(17)22(34)28-18-9-7-16(8-10-18)21(33)26-12-20(25)32/h3-11H,12-13H2,1-2H3,(H2,25,32)(H,26,33)(H,28,34). The Morgan fingerprint density at radius 3 is 2.49 bits per heavy atom. The maximum Gasteiger partial charge on any atom is 0.255 e. The van der Waals surface area contributed by atoms with Crippen molar-refractivity contribution in [3.05, 3.63) is 82.7 Å². The summed E-state index contributed by atoms with van der Waals surface area (Å²) in [6, 6.07) is 15.6. The minimum Gasteiger partial charge on any atom is -0.368 e. The van der Waals surface area contributed by atoms with Crippen LogP contribution in [0.3, 0.4) is 0 Å². The van der Waals surface area contributed by atoms with Crippen LogP contribution in [0.4, 0.5) is 5.69 Å². The topological polar surface area (TPSA) is 144 Å². The zero-order chi connectivity index (χ0) is 24.9. The number of nitrogens with two attached hydrogens (primary N) is 1. The van der Waals surface area contributed by atoms with E-state index in [0.717, 1.165) is 17.0 Å². The van der Waals surface area contributed by atoms with Gasteiger partial charge in [-0.1, -0.05) is 30.0 Å². The van der Waals surface area contributed by atoms with Crippen LogP contribution in [0.1, 0.15) is 37.7 Å². The second-order valence-electron chi connectivity index (χ2n) is 7.77. The van der Waals surface area contributed by atoms with Crippen LogP contribution in [-0.2, 0) is 10.5 Å². The van der Waals surface area contributed by atoms with E-state index < -0.39 is 11.8 Å². The van der Waals surface area contributed by atoms with Crippen LogP contribution in [0.5, 0.6) is 0 Å². The summed E-state index contributed by atoms with van der Waals surface area (Å²) >= 11 is 1.42. The van der Waals surface area contributed by atoms with Crippen molar-refractivity contribution < 1.29 is 14.4 Å². The molecule has 2 aromatic carbocycles. The number of aromatic nitrogens is 4. The van der Waals surface area contributed by atoms with Crippen molar-refractivity contribution in [2.45, 2.75) is 24.8 Å². The molecule has 11 heteroatoms. The van der Waals surface area contributed by atoms with Crippen LogP contribution in [0.2, 0.25) is 0 Å². The number of carbonyl (C=O) groups excluding carboxylic acids is 3. The van der Waals surface area contributed by atoms with Crippen molar-refractivity contribution in [1.82, 2.24) is 24.9 Å². The van der Waals surface area contributed by atoms with Gasteiger partial charge in [0.1, 0.15) is 0 Å². The summed E-state index contributed by atoms with van der Waals surface area (Å²) in [5.74, 6) is -0.286. The number of rotatable bonds is 8. The van der Waals surface area contributed by atoms with E-state index in [-0.39, 0.29) is 12.5 Å². The Morgan fingerprint density at radius 1 is 1.00 bits per heavy atom. The monoisotopic (exact) mass is 489 g/mol. The zero-order valence-electron chi connectivity index (χ0n) is 19.1. The number of nitrogens with one attached hydrogen (secondary N) is 2. The molecule has 35 heavy (non-hydrogen) atoms. The number of amides is 3. The molecule has 0 spiro atoms. The maximum absolute atomic E-state index is 13.0. The third-order valence-corrected chi connectivity index (χ3v) is 5.93. The lowest BCUT2D eigenvalue weighted by Gasteiger charge is -2.10. The molecule has 0 unspecified atom stereocenters. The fourth-order valence-corrected chi connectivity index (χ4v) is 4.21. The van der Waals surface area contributed by atoms with Gasteiger partial charge >= 0.3 is 0 Å². The van der Waals surface area contributed by atoms with Gasteiger partial charge in [-0.05, 0) is 55.8 Å². The van der Waals surface area contributed by atoms with Gasteiger partial charge in [-0.15, -0.1) is 5.10 Å². The molecule has 0 bridgehead atoms. The third-order valence-electron chi connectivity index (χ3n) is 5.05. The molecule has 0 aliphatic carbocycles. The van der Waals surface area contributed by atoms with Gasteiger partial charge < -0.3 is 16.4 Å². The number of thioether (sulfide) groups is 1. The first kappa shape index (κ1) is 23.9. The van der Waals surface area contributed by atoms with Gasteiger partial charge in [-0.3, -0.25) is 14.4 Å². The molecule has 0 fully saturated rings. The highest BCUT2D eigenvalue weighted by atomic mass is 32.2. The van der Waals surface area contributed by atoms with E-state index in [1.165, 1.54) is 11.8 Å². The summed E-state index contributed by atoms with van der Waals surface area (Å²) in [7, 11) is 0. The summed E-state index contributed by atoms with van der Waals surface area (Å²) in [6.07, 6.45) is 0. The Bertz CT molecular complexity index is 1420. The van der Waals surface area contributed by atoms with Crippen LogP contribution in [-0.4, -0.2) is 43.8 Å². The molecule has 2 heterocycles. The van der Waals surface area contributed by atoms with E-state index >= 15 is 0 Å². The zero-order valence-corrected chi connectivity index (χ0v) is 19.9. The summed E-state index contributed by atoms with van der Waals surface area (Å²) in [5.41, 5.74) is 9.09. The van der Waals surface area contributed by atoms with Crippen LogP contribution in [0, 0.1) is 13.8 Å². The average Bonchev–Trinajstić information content (AvgIpc) is 3.25. The number of primary amides is 1. The molecule has 4 rings (SSSR count). The van der Waals surface area contributed by atoms with Gasteiger partial charge in [-0.25, -0.2) is 9.50 Å². The van der Waals surface area contributed by atoms with Crippen LogP contribution >= 0.6 is 11.8 Å². The molecule has 0 aliphatic rings. The fourth-order valence-electron chi connectivity index (χ4n) is 3.39. The molecule has 2 aromatic heterocycles. The van der Waals surface area contributed by atoms with E-state index in [1.54, 1.807) is 40.9 Å². The van der Waals surface area contributed by atoms with Crippen LogP contribution < -0.4 is 16.4 Å². The molecule has 4 N–H and O–H groups in total. The highest BCUT2D eigenvalue weighted by molar-refractivity contribution is 7.98. The Hall–Kier alpha value is -4.25. The lowest BCUT2D eigenvalue weighted by atomic mass is 10.1.